The number of fused-ring (bicyclic) bond motifs is 1. The highest BCUT2D eigenvalue weighted by molar-refractivity contribution is 8.00. The van der Waals surface area contributed by atoms with Crippen LogP contribution < -0.4 is 4.72 Å². The van der Waals surface area contributed by atoms with Crippen LogP contribution in [-0.2, 0) is 10.0 Å². The Balaban J connectivity index is 2.49. The molecule has 4 nitrogen and oxygen atoms in total. The molecular weight excluding hydrogens is 351 g/mol. The number of halogens is 2. The van der Waals surface area contributed by atoms with Gasteiger partial charge < -0.3 is 0 Å². The van der Waals surface area contributed by atoms with Gasteiger partial charge >= 0.3 is 0 Å². The third kappa shape index (κ3) is 3.67. The van der Waals surface area contributed by atoms with Crippen LogP contribution in [0.5, 0.6) is 0 Å². The van der Waals surface area contributed by atoms with E-state index >= 15 is 0 Å². The Labute approximate surface area is 139 Å². The molecule has 0 unspecified atom stereocenters. The third-order valence-corrected chi connectivity index (χ3v) is 6.82. The molecule has 1 aliphatic heterocycles. The minimum Gasteiger partial charge on any atom is -0.266 e. The second-order valence-corrected chi connectivity index (χ2v) is 8.27. The highest BCUT2D eigenvalue weighted by Gasteiger charge is 2.27. The van der Waals surface area contributed by atoms with Gasteiger partial charge in [-0.15, -0.1) is 23.4 Å². The van der Waals surface area contributed by atoms with Crippen molar-refractivity contribution in [2.24, 2.45) is 4.99 Å². The standard InChI is InChI=1S/C13H16Cl2N2O2S2/c1-3-8(4-2)20-11-6-12-10(5-9(11)15)16-13(7-14)17-21(12,18)19/h5-6,8H,3-4,7H2,1-2H3,(H,16,17). The van der Waals surface area contributed by atoms with Crippen LogP contribution in [-0.4, -0.2) is 25.4 Å². The Morgan fingerprint density at radius 3 is 2.57 bits per heavy atom. The predicted octanol–water partition coefficient (Wildman–Crippen LogP) is 4.18. The van der Waals surface area contributed by atoms with Gasteiger partial charge in [0, 0.05) is 10.1 Å². The Morgan fingerprint density at radius 1 is 1.33 bits per heavy atom. The number of nitrogens with zero attached hydrogens (tertiary/aromatic N) is 1. The second-order valence-electron chi connectivity index (χ2n) is 4.60. The van der Waals surface area contributed by atoms with Crippen molar-refractivity contribution < 1.29 is 8.42 Å². The van der Waals surface area contributed by atoms with Gasteiger partial charge in [-0.2, -0.15) is 0 Å². The first-order chi connectivity index (χ1) is 9.91. The lowest BCUT2D eigenvalue weighted by Crippen LogP contribution is -2.34. The second kappa shape index (κ2) is 6.77. The van der Waals surface area contributed by atoms with Gasteiger partial charge in [0.1, 0.15) is 10.7 Å². The number of sulfonamides is 1. The van der Waals surface area contributed by atoms with E-state index in [2.05, 4.69) is 23.6 Å². The fourth-order valence-corrected chi connectivity index (χ4v) is 4.80. The largest absolute Gasteiger partial charge is 0.266 e. The van der Waals surface area contributed by atoms with E-state index in [-0.39, 0.29) is 16.6 Å². The molecule has 1 heterocycles. The van der Waals surface area contributed by atoms with Crippen molar-refractivity contribution in [3.63, 3.8) is 0 Å². The SMILES string of the molecule is CCC(CC)Sc1cc2c(cc1Cl)N=C(CCl)NS2(=O)=O. The summed E-state index contributed by atoms with van der Waals surface area (Å²) < 4.78 is 26.8. The molecule has 0 atom stereocenters. The molecule has 0 bridgehead atoms. The van der Waals surface area contributed by atoms with Crippen LogP contribution in [0, 0.1) is 0 Å². The van der Waals surface area contributed by atoms with Gasteiger partial charge in [-0.25, -0.2) is 13.4 Å². The first-order valence-electron chi connectivity index (χ1n) is 6.57. The van der Waals surface area contributed by atoms with Crippen LogP contribution in [0.25, 0.3) is 0 Å². The number of hydrogen-bond donors (Lipinski definition) is 1. The Hall–Kier alpha value is -0.430. The normalized spacial score (nSPS) is 16.3. The molecule has 1 aromatic carbocycles. The maximum Gasteiger partial charge on any atom is 0.265 e. The van der Waals surface area contributed by atoms with Crippen molar-refractivity contribution in [3.8, 4) is 0 Å². The summed E-state index contributed by atoms with van der Waals surface area (Å²) in [4.78, 5) is 5.09. The molecular formula is C13H16Cl2N2O2S2. The molecule has 0 fully saturated rings. The van der Waals surface area contributed by atoms with Crippen LogP contribution >= 0.6 is 35.0 Å². The molecule has 21 heavy (non-hydrogen) atoms. The number of nitrogens with one attached hydrogen (secondary N) is 1. The summed E-state index contributed by atoms with van der Waals surface area (Å²) in [6.07, 6.45) is 1.99. The van der Waals surface area contributed by atoms with Crippen LogP contribution in [0.15, 0.2) is 26.9 Å². The van der Waals surface area contributed by atoms with E-state index in [1.807, 2.05) is 0 Å². The van der Waals surface area contributed by atoms with Crippen molar-refractivity contribution in [3.05, 3.63) is 17.2 Å². The van der Waals surface area contributed by atoms with Crippen LogP contribution in [0.1, 0.15) is 26.7 Å². The molecule has 0 saturated heterocycles. The first-order valence-corrected chi connectivity index (χ1v) is 9.85. The predicted molar refractivity (Wildman–Crippen MR) is 89.8 cm³/mol. The fraction of sp³-hybridized carbons (Fsp3) is 0.462. The van der Waals surface area contributed by atoms with Gasteiger partial charge in [0.25, 0.3) is 10.0 Å². The molecule has 0 amide bonds. The zero-order valence-electron chi connectivity index (χ0n) is 11.7. The van der Waals surface area contributed by atoms with Crippen LogP contribution in [0.4, 0.5) is 5.69 Å². The summed E-state index contributed by atoms with van der Waals surface area (Å²) in [6, 6.07) is 3.18. The zero-order valence-corrected chi connectivity index (χ0v) is 14.8. The van der Waals surface area contributed by atoms with E-state index in [0.717, 1.165) is 17.7 Å². The summed E-state index contributed by atoms with van der Waals surface area (Å²) in [7, 11) is -3.63. The Kier molecular flexibility index (Phi) is 5.46. The van der Waals surface area contributed by atoms with Gasteiger partial charge in [0.2, 0.25) is 0 Å². The van der Waals surface area contributed by atoms with E-state index in [1.165, 1.54) is 0 Å². The molecule has 116 valence electrons. The topological polar surface area (TPSA) is 58.5 Å². The first kappa shape index (κ1) is 16.9. The summed E-state index contributed by atoms with van der Waals surface area (Å²) in [5, 5.41) is 0.919. The number of hydrogen-bond acceptors (Lipinski definition) is 4. The molecule has 0 radical (unpaired) electrons. The van der Waals surface area contributed by atoms with E-state index in [0.29, 0.717) is 16.0 Å². The highest BCUT2D eigenvalue weighted by Crippen LogP contribution is 2.40. The summed E-state index contributed by atoms with van der Waals surface area (Å²) in [6.45, 7) is 4.20. The average Bonchev–Trinajstić information content (AvgIpc) is 2.44. The van der Waals surface area contributed by atoms with Crippen LogP contribution in [0.3, 0.4) is 0 Å². The molecule has 1 N–H and O–H groups in total. The molecule has 0 saturated carbocycles. The number of thioether (sulfide) groups is 1. The minimum absolute atomic E-state index is 0.000530. The van der Waals surface area contributed by atoms with Gasteiger partial charge in [-0.3, -0.25) is 4.72 Å². The zero-order chi connectivity index (χ0) is 15.6. The number of rotatable bonds is 5. The number of aliphatic imine (C=N–C) groups is 1. The molecule has 1 aliphatic rings. The van der Waals surface area contributed by atoms with Gasteiger partial charge in [-0.1, -0.05) is 25.4 Å². The molecule has 0 aliphatic carbocycles. The quantitative estimate of drug-likeness (QED) is 0.627. The minimum atomic E-state index is -3.63. The summed E-state index contributed by atoms with van der Waals surface area (Å²) >= 11 is 13.5. The van der Waals surface area contributed by atoms with Crippen LogP contribution in [0.2, 0.25) is 5.02 Å². The van der Waals surface area contributed by atoms with Crippen molar-refractivity contribution in [1.29, 1.82) is 0 Å². The Morgan fingerprint density at radius 2 is 2.00 bits per heavy atom. The fourth-order valence-electron chi connectivity index (χ4n) is 1.99. The molecule has 1 aromatic rings. The van der Waals surface area contributed by atoms with Gasteiger partial charge in [0.15, 0.2) is 0 Å². The van der Waals surface area contributed by atoms with Gasteiger partial charge in [0.05, 0.1) is 16.6 Å². The monoisotopic (exact) mass is 366 g/mol. The van der Waals surface area contributed by atoms with Crippen molar-refractivity contribution >= 4 is 56.5 Å². The van der Waals surface area contributed by atoms with Crippen molar-refractivity contribution in [2.75, 3.05) is 5.88 Å². The smallest absolute Gasteiger partial charge is 0.265 e. The molecule has 2 rings (SSSR count). The maximum atomic E-state index is 12.2. The number of benzene rings is 1. The number of amidine groups is 1. The van der Waals surface area contributed by atoms with Crippen molar-refractivity contribution in [1.82, 2.24) is 4.72 Å². The van der Waals surface area contributed by atoms with Gasteiger partial charge in [-0.05, 0) is 25.0 Å². The average molecular weight is 367 g/mol. The summed E-state index contributed by atoms with van der Waals surface area (Å²) in [5.41, 5.74) is 0.336. The lowest BCUT2D eigenvalue weighted by Gasteiger charge is -2.19. The van der Waals surface area contributed by atoms with E-state index in [9.17, 15) is 8.42 Å². The van der Waals surface area contributed by atoms with Crippen molar-refractivity contribution in [2.45, 2.75) is 41.7 Å². The van der Waals surface area contributed by atoms with E-state index < -0.39 is 10.0 Å². The number of alkyl halides is 1. The van der Waals surface area contributed by atoms with E-state index in [4.69, 9.17) is 23.2 Å². The van der Waals surface area contributed by atoms with E-state index in [1.54, 1.807) is 23.9 Å². The molecule has 0 aromatic heterocycles. The lowest BCUT2D eigenvalue weighted by molar-refractivity contribution is 0.591. The molecule has 0 spiro atoms. The summed E-state index contributed by atoms with van der Waals surface area (Å²) in [5.74, 6) is 0.209. The molecule has 8 heteroatoms. The highest BCUT2D eigenvalue weighted by atomic mass is 35.5. The third-order valence-electron chi connectivity index (χ3n) is 3.14. The lowest BCUT2D eigenvalue weighted by atomic mass is 10.3. The Bertz CT molecular complexity index is 671. The maximum absolute atomic E-state index is 12.2.